The molecule has 0 spiro atoms. The number of benzene rings is 1. The van der Waals surface area contributed by atoms with Crippen molar-refractivity contribution in [3.8, 4) is 11.8 Å². The van der Waals surface area contributed by atoms with Crippen molar-refractivity contribution in [1.29, 1.82) is 5.26 Å². The number of aromatic hydroxyl groups is 1. The highest BCUT2D eigenvalue weighted by Gasteiger charge is 2.11. The monoisotopic (exact) mass is 289 g/mol. The van der Waals surface area contributed by atoms with E-state index in [-0.39, 0.29) is 22.0 Å². The maximum Gasteiger partial charge on any atom is 0.152 e. The number of nitrogens with zero attached hydrogens (tertiary/aromatic N) is 3. The molecule has 0 aliphatic rings. The number of pyridine rings is 1. The van der Waals surface area contributed by atoms with Crippen molar-refractivity contribution in [3.63, 3.8) is 0 Å². The van der Waals surface area contributed by atoms with Crippen molar-refractivity contribution < 1.29 is 9.50 Å². The molecule has 0 radical (unpaired) electrons. The predicted octanol–water partition coefficient (Wildman–Crippen LogP) is 3.53. The van der Waals surface area contributed by atoms with Gasteiger partial charge in [0.15, 0.2) is 5.71 Å². The van der Waals surface area contributed by atoms with Gasteiger partial charge in [-0.1, -0.05) is 11.6 Å². The lowest BCUT2D eigenvalue weighted by molar-refractivity contribution is 0.466. The number of halogens is 2. The first-order chi connectivity index (χ1) is 9.52. The normalized spacial score (nSPS) is 11.2. The first-order valence-corrected chi connectivity index (χ1v) is 5.99. The third kappa shape index (κ3) is 2.76. The summed E-state index contributed by atoms with van der Waals surface area (Å²) >= 11 is 5.66. The van der Waals surface area contributed by atoms with E-state index in [0.29, 0.717) is 11.4 Å². The first kappa shape index (κ1) is 14.0. The van der Waals surface area contributed by atoms with Crippen molar-refractivity contribution in [2.24, 2.45) is 4.99 Å². The van der Waals surface area contributed by atoms with Gasteiger partial charge in [0, 0.05) is 6.20 Å². The summed E-state index contributed by atoms with van der Waals surface area (Å²) in [5, 5.41) is 19.0. The molecule has 1 aromatic heterocycles. The van der Waals surface area contributed by atoms with Gasteiger partial charge in [-0.3, -0.25) is 4.98 Å². The molecule has 6 heteroatoms. The lowest BCUT2D eigenvalue weighted by Crippen LogP contribution is -1.99. The molecule has 0 bridgehead atoms. The maximum atomic E-state index is 13.1. The lowest BCUT2D eigenvalue weighted by atomic mass is 10.1. The van der Waals surface area contributed by atoms with E-state index in [4.69, 9.17) is 16.9 Å². The molecule has 0 aliphatic heterocycles. The van der Waals surface area contributed by atoms with E-state index in [1.165, 1.54) is 24.4 Å². The highest BCUT2D eigenvalue weighted by molar-refractivity contribution is 6.31. The molecule has 1 aromatic carbocycles. The Balaban J connectivity index is 2.52. The van der Waals surface area contributed by atoms with Crippen LogP contribution in [0.1, 0.15) is 11.3 Å². The summed E-state index contributed by atoms with van der Waals surface area (Å²) in [6.07, 6.45) is 1.47. The molecule has 0 saturated heterocycles. The maximum absolute atomic E-state index is 13.1. The summed E-state index contributed by atoms with van der Waals surface area (Å²) in [7, 11) is 0. The third-order valence-electron chi connectivity index (χ3n) is 2.61. The quantitative estimate of drug-likeness (QED) is 0.860. The Morgan fingerprint density at radius 1 is 1.45 bits per heavy atom. The summed E-state index contributed by atoms with van der Waals surface area (Å²) < 4.78 is 13.1. The average molecular weight is 290 g/mol. The summed E-state index contributed by atoms with van der Waals surface area (Å²) in [5.41, 5.74) is 0.973. The van der Waals surface area contributed by atoms with Crippen LogP contribution in [0.3, 0.4) is 0 Å². The number of hydrogen-bond donors (Lipinski definition) is 1. The molecule has 0 saturated carbocycles. The fourth-order valence-electron chi connectivity index (χ4n) is 1.58. The van der Waals surface area contributed by atoms with Crippen LogP contribution < -0.4 is 0 Å². The number of rotatable bonds is 2. The zero-order valence-electron chi connectivity index (χ0n) is 10.4. The minimum absolute atomic E-state index is 0.00400. The van der Waals surface area contributed by atoms with Crippen LogP contribution in [0.5, 0.6) is 5.75 Å². The first-order valence-electron chi connectivity index (χ1n) is 5.61. The highest BCUT2D eigenvalue weighted by atomic mass is 35.5. The Morgan fingerprint density at radius 2 is 2.20 bits per heavy atom. The minimum Gasteiger partial charge on any atom is -0.505 e. The molecular weight excluding hydrogens is 281 g/mol. The van der Waals surface area contributed by atoms with E-state index in [1.54, 1.807) is 6.92 Å². The highest BCUT2D eigenvalue weighted by Crippen LogP contribution is 2.25. The molecule has 100 valence electrons. The zero-order valence-corrected chi connectivity index (χ0v) is 11.2. The van der Waals surface area contributed by atoms with Gasteiger partial charge in [-0.15, -0.1) is 0 Å². The van der Waals surface area contributed by atoms with E-state index in [0.717, 1.165) is 6.07 Å². The topological polar surface area (TPSA) is 69.3 Å². The number of aryl methyl sites for hydroxylation is 1. The zero-order chi connectivity index (χ0) is 14.7. The van der Waals surface area contributed by atoms with Crippen molar-refractivity contribution in [1.82, 2.24) is 4.98 Å². The van der Waals surface area contributed by atoms with Gasteiger partial charge in [-0.05, 0) is 31.2 Å². The molecule has 2 rings (SSSR count). The Hall–Kier alpha value is -2.45. The van der Waals surface area contributed by atoms with E-state index in [2.05, 4.69) is 9.98 Å². The Bertz CT molecular complexity index is 738. The molecule has 2 aromatic rings. The second-order valence-corrected chi connectivity index (χ2v) is 4.37. The molecule has 0 fully saturated rings. The number of aliphatic imine (C=N–C) groups is 1. The van der Waals surface area contributed by atoms with Gasteiger partial charge in [0.2, 0.25) is 0 Å². The summed E-state index contributed by atoms with van der Waals surface area (Å²) in [6, 6.07) is 7.23. The fourth-order valence-corrected chi connectivity index (χ4v) is 1.75. The SMILES string of the molecule is Cc1nccc(/C(C#N)=N/c2ccc(F)c(Cl)c2)c1O. The molecule has 0 amide bonds. The van der Waals surface area contributed by atoms with Crippen LogP contribution in [0.15, 0.2) is 35.5 Å². The van der Waals surface area contributed by atoms with E-state index in [1.807, 2.05) is 6.07 Å². The molecule has 1 N–H and O–H groups in total. The van der Waals surface area contributed by atoms with Crippen LogP contribution in [0.4, 0.5) is 10.1 Å². The Morgan fingerprint density at radius 3 is 2.85 bits per heavy atom. The molecular formula is C14H9ClFN3O. The van der Waals surface area contributed by atoms with Gasteiger partial charge in [-0.25, -0.2) is 9.38 Å². The predicted molar refractivity (Wildman–Crippen MR) is 73.9 cm³/mol. The number of aromatic nitrogens is 1. The smallest absolute Gasteiger partial charge is 0.152 e. The van der Waals surface area contributed by atoms with Crippen LogP contribution in [0.2, 0.25) is 5.02 Å². The molecule has 0 atom stereocenters. The van der Waals surface area contributed by atoms with Gasteiger partial charge in [0.05, 0.1) is 22.0 Å². The van der Waals surface area contributed by atoms with E-state index >= 15 is 0 Å². The van der Waals surface area contributed by atoms with Crippen LogP contribution in [0.25, 0.3) is 0 Å². The van der Waals surface area contributed by atoms with Gasteiger partial charge < -0.3 is 5.11 Å². The molecule has 0 unspecified atom stereocenters. The van der Waals surface area contributed by atoms with Crippen molar-refractivity contribution in [2.45, 2.75) is 6.92 Å². The largest absolute Gasteiger partial charge is 0.505 e. The lowest BCUT2D eigenvalue weighted by Gasteiger charge is -2.04. The molecule has 1 heterocycles. The van der Waals surface area contributed by atoms with Crippen LogP contribution in [-0.2, 0) is 0 Å². The van der Waals surface area contributed by atoms with Crippen molar-refractivity contribution in [2.75, 3.05) is 0 Å². The minimum atomic E-state index is -0.563. The van der Waals surface area contributed by atoms with Gasteiger partial charge in [0.25, 0.3) is 0 Å². The van der Waals surface area contributed by atoms with Crippen molar-refractivity contribution in [3.05, 3.63) is 52.6 Å². The van der Waals surface area contributed by atoms with E-state index < -0.39 is 5.82 Å². The summed E-state index contributed by atoms with van der Waals surface area (Å²) in [4.78, 5) is 7.97. The number of hydrogen-bond acceptors (Lipinski definition) is 4. The van der Waals surface area contributed by atoms with Gasteiger partial charge in [0.1, 0.15) is 17.6 Å². The standard InChI is InChI=1S/C14H9ClFN3O/c1-8-14(20)10(4-5-18-8)13(7-17)19-9-2-3-12(16)11(15)6-9/h2-6,20H,1H3/b19-13+. The van der Waals surface area contributed by atoms with E-state index in [9.17, 15) is 9.50 Å². The summed E-state index contributed by atoms with van der Waals surface area (Å²) in [5.74, 6) is -0.673. The Kier molecular flexibility index (Phi) is 3.97. The van der Waals surface area contributed by atoms with Crippen molar-refractivity contribution >= 4 is 23.0 Å². The average Bonchev–Trinajstić information content (AvgIpc) is 2.43. The van der Waals surface area contributed by atoms with Gasteiger partial charge >= 0.3 is 0 Å². The van der Waals surface area contributed by atoms with Gasteiger partial charge in [-0.2, -0.15) is 5.26 Å². The second-order valence-electron chi connectivity index (χ2n) is 3.96. The van der Waals surface area contributed by atoms with Crippen LogP contribution in [0, 0.1) is 24.1 Å². The molecule has 20 heavy (non-hydrogen) atoms. The number of nitriles is 1. The fraction of sp³-hybridized carbons (Fsp3) is 0.0714. The van der Waals surface area contributed by atoms with Crippen LogP contribution >= 0.6 is 11.6 Å². The Labute approximate surface area is 119 Å². The van der Waals surface area contributed by atoms with Crippen LogP contribution in [-0.4, -0.2) is 15.8 Å². The third-order valence-corrected chi connectivity index (χ3v) is 2.90. The summed E-state index contributed by atoms with van der Waals surface area (Å²) in [6.45, 7) is 1.61. The second kappa shape index (κ2) is 5.68. The molecule has 0 aliphatic carbocycles. The molecule has 4 nitrogen and oxygen atoms in total.